The number of hydrazone groups is 1. The summed E-state index contributed by atoms with van der Waals surface area (Å²) in [4.78, 5) is 0. The fourth-order valence-electron chi connectivity index (χ4n) is 0.673. The second kappa shape index (κ2) is 4.88. The Labute approximate surface area is 85.6 Å². The highest BCUT2D eigenvalue weighted by molar-refractivity contribution is 7.98. The molecule has 0 aromatic carbocycles. The number of thiocarbonyl (C=S) groups is 1. The molecule has 1 rings (SSSR count). The number of hydrogen-bond acceptors (Lipinski definition) is 4. The van der Waals surface area contributed by atoms with E-state index in [-0.39, 0.29) is 5.11 Å². The Morgan fingerprint density at radius 3 is 3.08 bits per heavy atom. The van der Waals surface area contributed by atoms with Gasteiger partial charge in [-0.3, -0.25) is 5.43 Å². The van der Waals surface area contributed by atoms with E-state index in [0.29, 0.717) is 5.76 Å². The Kier molecular flexibility index (Phi) is 3.78. The maximum atomic E-state index is 5.30. The van der Waals surface area contributed by atoms with Gasteiger partial charge in [0.05, 0.1) is 6.21 Å². The highest BCUT2D eigenvalue weighted by Crippen LogP contribution is 2.16. The zero-order valence-corrected chi connectivity index (χ0v) is 8.61. The Bertz CT molecular complexity index is 321. The van der Waals surface area contributed by atoms with Crippen LogP contribution in [0.1, 0.15) is 5.76 Å². The standard InChI is InChI=1S/C7H9N3OS2/c1-13-6-3-2-5(11-6)4-9-10-7(8)12/h2-4H,1H3,(H3,8,10,12)/b9-4+. The molecule has 1 aromatic heterocycles. The minimum absolute atomic E-state index is 0.132. The summed E-state index contributed by atoms with van der Waals surface area (Å²) in [6.07, 6.45) is 3.45. The van der Waals surface area contributed by atoms with E-state index in [9.17, 15) is 0 Å². The summed E-state index contributed by atoms with van der Waals surface area (Å²) in [5.41, 5.74) is 7.59. The van der Waals surface area contributed by atoms with Gasteiger partial charge in [0.15, 0.2) is 10.2 Å². The summed E-state index contributed by atoms with van der Waals surface area (Å²) < 4.78 is 5.30. The van der Waals surface area contributed by atoms with Crippen LogP contribution in [-0.4, -0.2) is 17.6 Å². The van der Waals surface area contributed by atoms with E-state index in [4.69, 9.17) is 10.2 Å². The highest BCUT2D eigenvalue weighted by Gasteiger charge is 1.96. The van der Waals surface area contributed by atoms with Gasteiger partial charge in [-0.25, -0.2) is 0 Å². The van der Waals surface area contributed by atoms with Gasteiger partial charge in [-0.15, -0.1) is 0 Å². The van der Waals surface area contributed by atoms with Crippen LogP contribution in [0.3, 0.4) is 0 Å². The summed E-state index contributed by atoms with van der Waals surface area (Å²) in [6, 6.07) is 3.68. The van der Waals surface area contributed by atoms with Crippen LogP contribution >= 0.6 is 24.0 Å². The molecule has 1 aromatic rings. The first-order chi connectivity index (χ1) is 6.22. The van der Waals surface area contributed by atoms with Gasteiger partial charge in [0.1, 0.15) is 5.76 Å². The molecule has 4 nitrogen and oxygen atoms in total. The average Bonchev–Trinajstić information content (AvgIpc) is 2.52. The number of rotatable bonds is 3. The molecule has 70 valence electrons. The van der Waals surface area contributed by atoms with E-state index in [1.165, 1.54) is 18.0 Å². The first-order valence-electron chi connectivity index (χ1n) is 3.44. The molecular weight excluding hydrogens is 206 g/mol. The van der Waals surface area contributed by atoms with Crippen LogP contribution in [-0.2, 0) is 0 Å². The lowest BCUT2D eigenvalue weighted by Crippen LogP contribution is -2.23. The van der Waals surface area contributed by atoms with Crippen molar-refractivity contribution in [2.24, 2.45) is 10.8 Å². The van der Waals surface area contributed by atoms with Crippen LogP contribution in [0.4, 0.5) is 0 Å². The molecule has 0 atom stereocenters. The highest BCUT2D eigenvalue weighted by atomic mass is 32.2. The number of nitrogens with one attached hydrogen (secondary N) is 1. The topological polar surface area (TPSA) is 63.5 Å². The first-order valence-corrected chi connectivity index (χ1v) is 5.08. The molecule has 3 N–H and O–H groups in total. The maximum absolute atomic E-state index is 5.30. The molecule has 0 aliphatic heterocycles. The van der Waals surface area contributed by atoms with Gasteiger partial charge in [0, 0.05) is 0 Å². The molecule has 0 unspecified atom stereocenters. The third kappa shape index (κ3) is 3.47. The Balaban J connectivity index is 2.53. The Morgan fingerprint density at radius 2 is 2.54 bits per heavy atom. The molecular formula is C7H9N3OS2. The summed E-state index contributed by atoms with van der Waals surface area (Å²) in [5, 5.41) is 4.72. The van der Waals surface area contributed by atoms with Crippen molar-refractivity contribution in [1.82, 2.24) is 5.43 Å². The van der Waals surface area contributed by atoms with Crippen molar-refractivity contribution in [1.29, 1.82) is 0 Å². The van der Waals surface area contributed by atoms with Crippen molar-refractivity contribution in [3.63, 3.8) is 0 Å². The van der Waals surface area contributed by atoms with E-state index in [0.717, 1.165) is 5.09 Å². The van der Waals surface area contributed by atoms with E-state index in [1.807, 2.05) is 18.4 Å². The predicted octanol–water partition coefficient (Wildman–Crippen LogP) is 1.17. The van der Waals surface area contributed by atoms with Crippen molar-refractivity contribution in [2.45, 2.75) is 5.09 Å². The molecule has 0 spiro atoms. The van der Waals surface area contributed by atoms with Crippen molar-refractivity contribution < 1.29 is 4.42 Å². The molecule has 0 saturated carbocycles. The fraction of sp³-hybridized carbons (Fsp3) is 0.143. The van der Waals surface area contributed by atoms with Crippen molar-refractivity contribution in [3.05, 3.63) is 17.9 Å². The van der Waals surface area contributed by atoms with E-state index in [1.54, 1.807) is 0 Å². The Hall–Kier alpha value is -1.01. The zero-order valence-electron chi connectivity index (χ0n) is 6.98. The number of nitrogens with zero attached hydrogens (tertiary/aromatic N) is 1. The van der Waals surface area contributed by atoms with E-state index in [2.05, 4.69) is 22.7 Å². The van der Waals surface area contributed by atoms with Crippen LogP contribution in [0.25, 0.3) is 0 Å². The van der Waals surface area contributed by atoms with Gasteiger partial charge in [0.2, 0.25) is 0 Å². The normalized spacial score (nSPS) is 10.5. The van der Waals surface area contributed by atoms with E-state index >= 15 is 0 Å². The molecule has 13 heavy (non-hydrogen) atoms. The van der Waals surface area contributed by atoms with Gasteiger partial charge in [-0.1, -0.05) is 11.8 Å². The zero-order chi connectivity index (χ0) is 9.68. The number of hydrogen-bond donors (Lipinski definition) is 2. The fourth-order valence-corrected chi connectivity index (χ4v) is 1.11. The van der Waals surface area contributed by atoms with Crippen LogP contribution in [0.2, 0.25) is 0 Å². The first kappa shape index (κ1) is 10.1. The smallest absolute Gasteiger partial charge is 0.184 e. The van der Waals surface area contributed by atoms with Crippen LogP contribution < -0.4 is 11.2 Å². The van der Waals surface area contributed by atoms with Crippen molar-refractivity contribution in [3.8, 4) is 0 Å². The van der Waals surface area contributed by atoms with Crippen LogP contribution in [0, 0.1) is 0 Å². The molecule has 0 saturated heterocycles. The SMILES string of the molecule is CSc1ccc(/C=N/NC(N)=S)o1. The van der Waals surface area contributed by atoms with Gasteiger partial charge in [-0.05, 0) is 30.6 Å². The average molecular weight is 215 g/mol. The molecule has 0 bridgehead atoms. The molecule has 0 radical (unpaired) electrons. The molecule has 0 aliphatic rings. The van der Waals surface area contributed by atoms with Crippen LogP contribution in [0.15, 0.2) is 26.7 Å². The number of furan rings is 1. The Morgan fingerprint density at radius 1 is 1.77 bits per heavy atom. The van der Waals surface area contributed by atoms with Crippen LogP contribution in [0.5, 0.6) is 0 Å². The summed E-state index contributed by atoms with van der Waals surface area (Å²) in [6.45, 7) is 0. The second-order valence-corrected chi connectivity index (χ2v) is 3.35. The number of nitrogens with two attached hydrogens (primary N) is 1. The summed E-state index contributed by atoms with van der Waals surface area (Å²) in [7, 11) is 0. The molecule has 1 heterocycles. The lowest BCUT2D eigenvalue weighted by atomic mass is 10.5. The lowest BCUT2D eigenvalue weighted by Gasteiger charge is -1.91. The van der Waals surface area contributed by atoms with E-state index < -0.39 is 0 Å². The van der Waals surface area contributed by atoms with Gasteiger partial charge >= 0.3 is 0 Å². The molecule has 0 amide bonds. The minimum atomic E-state index is 0.132. The molecule has 0 fully saturated rings. The minimum Gasteiger partial charge on any atom is -0.449 e. The monoisotopic (exact) mass is 215 g/mol. The van der Waals surface area contributed by atoms with Gasteiger partial charge < -0.3 is 10.2 Å². The van der Waals surface area contributed by atoms with Gasteiger partial charge in [-0.2, -0.15) is 5.10 Å². The largest absolute Gasteiger partial charge is 0.449 e. The second-order valence-electron chi connectivity index (χ2n) is 2.10. The third-order valence-electron chi connectivity index (χ3n) is 1.17. The summed E-state index contributed by atoms with van der Waals surface area (Å²) in [5.74, 6) is 0.660. The third-order valence-corrected chi connectivity index (χ3v) is 1.88. The van der Waals surface area contributed by atoms with Gasteiger partial charge in [0.25, 0.3) is 0 Å². The summed E-state index contributed by atoms with van der Waals surface area (Å²) >= 11 is 6.09. The van der Waals surface area contributed by atoms with Crippen molar-refractivity contribution >= 4 is 35.3 Å². The lowest BCUT2D eigenvalue weighted by molar-refractivity contribution is 0.469. The quantitative estimate of drug-likeness (QED) is 0.343. The molecule has 6 heteroatoms. The predicted molar refractivity (Wildman–Crippen MR) is 58.0 cm³/mol. The van der Waals surface area contributed by atoms with Crippen molar-refractivity contribution in [2.75, 3.05) is 6.26 Å². The number of thioether (sulfide) groups is 1. The molecule has 0 aliphatic carbocycles. The maximum Gasteiger partial charge on any atom is 0.184 e.